The van der Waals surface area contributed by atoms with Gasteiger partial charge in [-0.2, -0.15) is 5.26 Å². The third-order valence-corrected chi connectivity index (χ3v) is 3.44. The molecule has 6 heteroatoms. The highest BCUT2D eigenvalue weighted by Gasteiger charge is 2.28. The van der Waals surface area contributed by atoms with Crippen LogP contribution in [0.3, 0.4) is 0 Å². The van der Waals surface area contributed by atoms with E-state index in [-0.39, 0.29) is 25.2 Å². The van der Waals surface area contributed by atoms with E-state index in [1.807, 2.05) is 13.0 Å². The Morgan fingerprint density at radius 1 is 1.36 bits per heavy atom. The summed E-state index contributed by atoms with van der Waals surface area (Å²) in [6, 6.07) is 8.67. The lowest BCUT2D eigenvalue weighted by molar-refractivity contribution is -0.150. The van der Waals surface area contributed by atoms with E-state index in [0.717, 1.165) is 12.8 Å². The third kappa shape index (κ3) is 4.77. The topological polar surface area (TPSA) is 88.4 Å². The Morgan fingerprint density at radius 3 is 2.77 bits per heavy atom. The zero-order valence-electron chi connectivity index (χ0n) is 12.4. The van der Waals surface area contributed by atoms with Crippen LogP contribution in [0.4, 0.5) is 0 Å². The zero-order chi connectivity index (χ0) is 15.9. The van der Waals surface area contributed by atoms with E-state index < -0.39 is 5.97 Å². The molecular formula is C16H18N2O4. The zero-order valence-corrected chi connectivity index (χ0v) is 12.4. The molecule has 2 rings (SSSR count). The highest BCUT2D eigenvalue weighted by Crippen LogP contribution is 2.32. The van der Waals surface area contributed by atoms with Crippen molar-refractivity contribution in [3.63, 3.8) is 0 Å². The van der Waals surface area contributed by atoms with Crippen LogP contribution < -0.4 is 10.1 Å². The number of amides is 1. The van der Waals surface area contributed by atoms with Crippen LogP contribution in [0.15, 0.2) is 24.3 Å². The van der Waals surface area contributed by atoms with Crippen LogP contribution in [0.2, 0.25) is 0 Å². The van der Waals surface area contributed by atoms with Crippen molar-refractivity contribution in [1.29, 1.82) is 5.26 Å². The number of carbonyl (C=O) groups excluding carboxylic acids is 2. The van der Waals surface area contributed by atoms with Crippen molar-refractivity contribution < 1.29 is 19.1 Å². The van der Waals surface area contributed by atoms with Crippen molar-refractivity contribution in [1.82, 2.24) is 5.32 Å². The Hall–Kier alpha value is -2.55. The highest BCUT2D eigenvalue weighted by atomic mass is 16.6. The van der Waals surface area contributed by atoms with Gasteiger partial charge in [0.05, 0.1) is 5.56 Å². The molecule has 1 aromatic carbocycles. The molecule has 1 saturated carbocycles. The van der Waals surface area contributed by atoms with Crippen molar-refractivity contribution in [3.05, 3.63) is 29.8 Å². The molecule has 0 bridgehead atoms. The van der Waals surface area contributed by atoms with Gasteiger partial charge in [-0.05, 0) is 37.8 Å². The largest absolute Gasteiger partial charge is 0.481 e. The van der Waals surface area contributed by atoms with Crippen molar-refractivity contribution in [3.8, 4) is 11.8 Å². The molecule has 0 radical (unpaired) electrons. The number of rotatable bonds is 7. The molecule has 0 saturated heterocycles. The van der Waals surface area contributed by atoms with Crippen LogP contribution in [0.5, 0.6) is 5.75 Å². The summed E-state index contributed by atoms with van der Waals surface area (Å²) in [6.07, 6.45) is 2.26. The number of para-hydroxylation sites is 1. The van der Waals surface area contributed by atoms with Crippen LogP contribution in [0.25, 0.3) is 0 Å². The summed E-state index contributed by atoms with van der Waals surface area (Å²) in [5.41, 5.74) is 0.339. The fourth-order valence-electron chi connectivity index (χ4n) is 2.02. The molecule has 1 aliphatic rings. The number of esters is 1. The smallest absolute Gasteiger partial charge is 0.344 e. The lowest BCUT2D eigenvalue weighted by Crippen LogP contribution is -2.37. The summed E-state index contributed by atoms with van der Waals surface area (Å²) >= 11 is 0. The number of hydrogen-bond donors (Lipinski definition) is 1. The second kappa shape index (κ2) is 7.46. The summed E-state index contributed by atoms with van der Waals surface area (Å²) in [5, 5.41) is 11.7. The number of ether oxygens (including phenoxy) is 2. The second-order valence-electron chi connectivity index (χ2n) is 5.25. The Morgan fingerprint density at radius 2 is 2.09 bits per heavy atom. The van der Waals surface area contributed by atoms with Crippen LogP contribution in [0, 0.1) is 17.2 Å². The minimum atomic E-state index is -0.651. The minimum absolute atomic E-state index is 0.116. The Balaban J connectivity index is 1.69. The number of nitrogens with zero attached hydrogens (tertiary/aromatic N) is 1. The van der Waals surface area contributed by atoms with Gasteiger partial charge < -0.3 is 14.8 Å². The first-order valence-corrected chi connectivity index (χ1v) is 7.17. The normalized spacial score (nSPS) is 14.5. The summed E-state index contributed by atoms with van der Waals surface area (Å²) in [6.45, 7) is 1.28. The molecule has 0 aliphatic heterocycles. The van der Waals surface area contributed by atoms with Crippen LogP contribution in [-0.4, -0.2) is 31.1 Å². The number of nitriles is 1. The summed E-state index contributed by atoms with van der Waals surface area (Å²) in [4.78, 5) is 23.1. The van der Waals surface area contributed by atoms with E-state index in [9.17, 15) is 9.59 Å². The fraction of sp³-hybridized carbons (Fsp3) is 0.438. The summed E-state index contributed by atoms with van der Waals surface area (Å²) in [5.74, 6) is -0.105. The summed E-state index contributed by atoms with van der Waals surface area (Å²) in [7, 11) is 0. The van der Waals surface area contributed by atoms with Crippen LogP contribution in [-0.2, 0) is 14.3 Å². The summed E-state index contributed by atoms with van der Waals surface area (Å²) < 4.78 is 10.1. The van der Waals surface area contributed by atoms with E-state index in [0.29, 0.717) is 17.2 Å². The molecular weight excluding hydrogens is 284 g/mol. The van der Waals surface area contributed by atoms with E-state index in [1.165, 1.54) is 0 Å². The molecule has 1 amide bonds. The predicted molar refractivity (Wildman–Crippen MR) is 77.9 cm³/mol. The molecule has 1 aromatic rings. The van der Waals surface area contributed by atoms with Gasteiger partial charge in [-0.1, -0.05) is 12.1 Å². The van der Waals surface area contributed by atoms with Crippen LogP contribution >= 0.6 is 0 Å². The van der Waals surface area contributed by atoms with E-state index in [4.69, 9.17) is 14.7 Å². The molecule has 0 heterocycles. The highest BCUT2D eigenvalue weighted by molar-refractivity contribution is 5.81. The second-order valence-corrected chi connectivity index (χ2v) is 5.25. The van der Waals surface area contributed by atoms with Gasteiger partial charge in [0.25, 0.3) is 5.91 Å². The van der Waals surface area contributed by atoms with Gasteiger partial charge in [-0.25, -0.2) is 4.79 Å². The lowest BCUT2D eigenvalue weighted by Gasteiger charge is -2.13. The average molecular weight is 302 g/mol. The van der Waals surface area contributed by atoms with Gasteiger partial charge in [-0.15, -0.1) is 0 Å². The van der Waals surface area contributed by atoms with Gasteiger partial charge in [0.2, 0.25) is 0 Å². The Bertz CT molecular complexity index is 590. The quantitative estimate of drug-likeness (QED) is 0.769. The van der Waals surface area contributed by atoms with E-state index in [1.54, 1.807) is 24.3 Å². The number of carbonyl (C=O) groups is 2. The maximum absolute atomic E-state index is 11.6. The molecule has 0 unspecified atom stereocenters. The van der Waals surface area contributed by atoms with Crippen molar-refractivity contribution >= 4 is 11.9 Å². The third-order valence-electron chi connectivity index (χ3n) is 3.44. The van der Waals surface area contributed by atoms with Crippen LogP contribution in [0.1, 0.15) is 25.3 Å². The maximum atomic E-state index is 11.6. The number of benzene rings is 1. The SMILES string of the molecule is C[C@@H](NC(=O)COC(=O)COc1ccccc1C#N)C1CC1. The Labute approximate surface area is 129 Å². The molecule has 116 valence electrons. The van der Waals surface area contributed by atoms with E-state index in [2.05, 4.69) is 5.32 Å². The average Bonchev–Trinajstić information content (AvgIpc) is 3.36. The predicted octanol–water partition coefficient (Wildman–Crippen LogP) is 1.39. The maximum Gasteiger partial charge on any atom is 0.344 e. The molecule has 6 nitrogen and oxygen atoms in total. The van der Waals surface area contributed by atoms with Crippen molar-refractivity contribution in [2.24, 2.45) is 5.92 Å². The molecule has 1 aliphatic carbocycles. The number of hydrogen-bond acceptors (Lipinski definition) is 5. The van der Waals surface area contributed by atoms with E-state index >= 15 is 0 Å². The first-order chi connectivity index (χ1) is 10.6. The minimum Gasteiger partial charge on any atom is -0.481 e. The lowest BCUT2D eigenvalue weighted by atomic mass is 10.2. The molecule has 1 atom stereocenters. The van der Waals surface area contributed by atoms with Gasteiger partial charge in [0.15, 0.2) is 13.2 Å². The Kier molecular flexibility index (Phi) is 5.37. The standard InChI is InChI=1S/C16H18N2O4/c1-11(12-6-7-12)18-15(19)9-22-16(20)10-21-14-5-3-2-4-13(14)8-17/h2-5,11-12H,6-7,9-10H2,1H3,(H,18,19)/t11-/m1/s1. The van der Waals surface area contributed by atoms with Gasteiger partial charge in [0.1, 0.15) is 11.8 Å². The van der Waals surface area contributed by atoms with Gasteiger partial charge in [-0.3, -0.25) is 4.79 Å². The molecule has 1 fully saturated rings. The van der Waals surface area contributed by atoms with Gasteiger partial charge >= 0.3 is 5.97 Å². The monoisotopic (exact) mass is 302 g/mol. The first-order valence-electron chi connectivity index (χ1n) is 7.17. The van der Waals surface area contributed by atoms with Gasteiger partial charge in [0, 0.05) is 6.04 Å². The van der Waals surface area contributed by atoms with Crippen molar-refractivity contribution in [2.45, 2.75) is 25.8 Å². The van der Waals surface area contributed by atoms with Crippen molar-refractivity contribution in [2.75, 3.05) is 13.2 Å². The first kappa shape index (κ1) is 15.8. The molecule has 0 aromatic heterocycles. The number of nitrogens with one attached hydrogen (secondary N) is 1. The molecule has 1 N–H and O–H groups in total. The molecule has 22 heavy (non-hydrogen) atoms. The molecule has 0 spiro atoms. The fourth-order valence-corrected chi connectivity index (χ4v) is 2.02.